The first kappa shape index (κ1) is 21.5. The SMILES string of the molecule is COc1c(CN2C[C@@H](c3ccc4c(c3C)COC4=O)OC2=O)cnn1-c1cc(C)c(C#N)cn1. The normalized spacial score (nSPS) is 16.8. The minimum atomic E-state index is -0.461. The van der Waals surface area contributed by atoms with E-state index in [1.54, 1.807) is 23.2 Å². The molecule has 10 nitrogen and oxygen atoms in total. The van der Waals surface area contributed by atoms with Gasteiger partial charge in [0.25, 0.3) is 0 Å². The van der Waals surface area contributed by atoms with Gasteiger partial charge < -0.3 is 14.2 Å². The van der Waals surface area contributed by atoms with Gasteiger partial charge in [0.2, 0.25) is 5.88 Å². The molecule has 1 aromatic carbocycles. The number of hydrogen-bond acceptors (Lipinski definition) is 8. The average molecular weight is 459 g/mol. The lowest BCUT2D eigenvalue weighted by atomic mass is 9.95. The molecule has 10 heteroatoms. The molecule has 0 bridgehead atoms. The van der Waals surface area contributed by atoms with Crippen LogP contribution in [0.15, 0.2) is 30.6 Å². The fraction of sp³-hybridized carbons (Fsp3) is 0.292. The van der Waals surface area contributed by atoms with E-state index >= 15 is 0 Å². The molecule has 3 aromatic rings. The van der Waals surface area contributed by atoms with Crippen molar-refractivity contribution in [3.05, 3.63) is 69.5 Å². The Morgan fingerprint density at radius 1 is 1.26 bits per heavy atom. The summed E-state index contributed by atoms with van der Waals surface area (Å²) in [6, 6.07) is 7.39. The van der Waals surface area contributed by atoms with E-state index in [0.717, 1.165) is 22.3 Å². The summed E-state index contributed by atoms with van der Waals surface area (Å²) in [4.78, 5) is 30.4. The maximum absolute atomic E-state index is 12.7. The molecule has 1 atom stereocenters. The number of carbonyl (C=O) groups is 2. The van der Waals surface area contributed by atoms with Crippen LogP contribution in [-0.4, -0.2) is 45.4 Å². The molecule has 34 heavy (non-hydrogen) atoms. The fourth-order valence-corrected chi connectivity index (χ4v) is 4.36. The third-order valence-corrected chi connectivity index (χ3v) is 6.23. The number of methoxy groups -OCH3 is 1. The van der Waals surface area contributed by atoms with E-state index < -0.39 is 12.2 Å². The zero-order chi connectivity index (χ0) is 24.0. The van der Waals surface area contributed by atoms with Crippen LogP contribution in [0.3, 0.4) is 0 Å². The van der Waals surface area contributed by atoms with Crippen molar-refractivity contribution in [2.24, 2.45) is 0 Å². The Hall–Kier alpha value is -4.39. The summed E-state index contributed by atoms with van der Waals surface area (Å²) in [5.41, 5.74) is 5.10. The number of aryl methyl sites for hydroxylation is 1. The molecule has 0 radical (unpaired) electrons. The molecule has 2 aliphatic heterocycles. The first-order valence-corrected chi connectivity index (χ1v) is 10.6. The smallest absolute Gasteiger partial charge is 0.410 e. The van der Waals surface area contributed by atoms with Gasteiger partial charge in [0.1, 0.15) is 18.8 Å². The Bertz CT molecular complexity index is 1370. The highest BCUT2D eigenvalue weighted by Gasteiger charge is 2.36. The van der Waals surface area contributed by atoms with E-state index in [9.17, 15) is 9.59 Å². The van der Waals surface area contributed by atoms with Gasteiger partial charge in [-0.05, 0) is 42.7 Å². The molecule has 0 unspecified atom stereocenters. The second kappa shape index (κ2) is 8.19. The molecule has 5 rings (SSSR count). The van der Waals surface area contributed by atoms with E-state index in [2.05, 4.69) is 16.2 Å². The Kier molecular flexibility index (Phi) is 5.17. The van der Waals surface area contributed by atoms with Crippen molar-refractivity contribution in [1.29, 1.82) is 5.26 Å². The molecule has 2 aliphatic rings. The predicted octanol–water partition coefficient (Wildman–Crippen LogP) is 3.13. The summed E-state index contributed by atoms with van der Waals surface area (Å²) in [5, 5.41) is 13.5. The minimum Gasteiger partial charge on any atom is -0.481 e. The van der Waals surface area contributed by atoms with E-state index in [4.69, 9.17) is 19.5 Å². The summed E-state index contributed by atoms with van der Waals surface area (Å²) in [5.74, 6) is 0.620. The van der Waals surface area contributed by atoms with Crippen molar-refractivity contribution >= 4 is 12.1 Å². The number of ether oxygens (including phenoxy) is 3. The van der Waals surface area contributed by atoms with Crippen molar-refractivity contribution in [3.8, 4) is 17.8 Å². The number of nitriles is 1. The van der Waals surface area contributed by atoms with Gasteiger partial charge in [-0.3, -0.25) is 4.90 Å². The molecular weight excluding hydrogens is 438 g/mol. The first-order chi connectivity index (χ1) is 16.4. The summed E-state index contributed by atoms with van der Waals surface area (Å²) < 4.78 is 17.9. The van der Waals surface area contributed by atoms with Crippen molar-refractivity contribution < 1.29 is 23.8 Å². The molecule has 172 valence electrons. The van der Waals surface area contributed by atoms with Gasteiger partial charge in [-0.1, -0.05) is 6.07 Å². The number of esters is 1. The zero-order valence-electron chi connectivity index (χ0n) is 18.9. The summed E-state index contributed by atoms with van der Waals surface area (Å²) in [6.45, 7) is 4.54. The Morgan fingerprint density at radius 3 is 2.82 bits per heavy atom. The number of pyridine rings is 1. The maximum Gasteiger partial charge on any atom is 0.410 e. The lowest BCUT2D eigenvalue weighted by molar-refractivity contribution is 0.0535. The monoisotopic (exact) mass is 459 g/mol. The topological polar surface area (TPSA) is 120 Å². The van der Waals surface area contributed by atoms with Gasteiger partial charge in [0.05, 0.1) is 43.1 Å². The summed E-state index contributed by atoms with van der Waals surface area (Å²) in [6.07, 6.45) is 2.21. The number of nitrogens with zero attached hydrogens (tertiary/aromatic N) is 5. The molecule has 0 saturated carbocycles. The van der Waals surface area contributed by atoms with Gasteiger partial charge in [-0.2, -0.15) is 15.0 Å². The number of amides is 1. The number of benzene rings is 1. The standard InChI is InChI=1S/C24H21N5O5/c1-13-6-21(26-8-15(13)7-25)29-22(32-3)16(9-27-29)10-28-11-20(34-24(28)31)17-4-5-18-19(14(17)2)12-33-23(18)30/h4-6,8-9,20H,10-12H2,1-3H3/t20-/m0/s1. The van der Waals surface area contributed by atoms with Crippen LogP contribution in [-0.2, 0) is 22.6 Å². The number of rotatable bonds is 5. The predicted molar refractivity (Wildman–Crippen MR) is 117 cm³/mol. The molecule has 1 saturated heterocycles. The Morgan fingerprint density at radius 2 is 2.09 bits per heavy atom. The second-order valence-corrected chi connectivity index (χ2v) is 8.20. The highest BCUT2D eigenvalue weighted by molar-refractivity contribution is 5.94. The summed E-state index contributed by atoms with van der Waals surface area (Å²) in [7, 11) is 1.52. The van der Waals surface area contributed by atoms with Crippen LogP contribution in [0.5, 0.6) is 5.88 Å². The van der Waals surface area contributed by atoms with E-state index in [1.807, 2.05) is 19.9 Å². The van der Waals surface area contributed by atoms with Crippen LogP contribution in [0.1, 0.15) is 49.8 Å². The quantitative estimate of drug-likeness (QED) is 0.534. The molecule has 0 spiro atoms. The molecular formula is C24H21N5O5. The van der Waals surface area contributed by atoms with Gasteiger partial charge in [-0.15, -0.1) is 0 Å². The van der Waals surface area contributed by atoms with Crippen LogP contribution in [0.4, 0.5) is 4.79 Å². The van der Waals surface area contributed by atoms with E-state index in [-0.39, 0.29) is 19.1 Å². The third-order valence-electron chi connectivity index (χ3n) is 6.23. The number of carbonyl (C=O) groups excluding carboxylic acids is 2. The van der Waals surface area contributed by atoms with Crippen LogP contribution in [0.2, 0.25) is 0 Å². The van der Waals surface area contributed by atoms with Gasteiger partial charge in [0.15, 0.2) is 5.82 Å². The largest absolute Gasteiger partial charge is 0.481 e. The zero-order valence-corrected chi connectivity index (χ0v) is 18.9. The molecule has 0 N–H and O–H groups in total. The van der Waals surface area contributed by atoms with Crippen LogP contribution >= 0.6 is 0 Å². The fourth-order valence-electron chi connectivity index (χ4n) is 4.36. The van der Waals surface area contributed by atoms with Gasteiger partial charge in [-0.25, -0.2) is 14.6 Å². The van der Waals surface area contributed by atoms with Gasteiger partial charge in [0, 0.05) is 11.8 Å². The van der Waals surface area contributed by atoms with Crippen molar-refractivity contribution in [1.82, 2.24) is 19.7 Å². The lowest BCUT2D eigenvalue weighted by Crippen LogP contribution is -2.24. The van der Waals surface area contributed by atoms with Gasteiger partial charge >= 0.3 is 12.1 Å². The second-order valence-electron chi connectivity index (χ2n) is 8.20. The van der Waals surface area contributed by atoms with Crippen LogP contribution in [0, 0.1) is 25.2 Å². The molecule has 1 fully saturated rings. The Labute approximate surface area is 195 Å². The molecule has 4 heterocycles. The number of cyclic esters (lactones) is 2. The van der Waals surface area contributed by atoms with Crippen molar-refractivity contribution in [3.63, 3.8) is 0 Å². The van der Waals surface area contributed by atoms with E-state index in [1.165, 1.54) is 18.0 Å². The summed E-state index contributed by atoms with van der Waals surface area (Å²) >= 11 is 0. The number of aromatic nitrogens is 3. The first-order valence-electron chi connectivity index (χ1n) is 10.6. The van der Waals surface area contributed by atoms with Crippen molar-refractivity contribution in [2.75, 3.05) is 13.7 Å². The number of fused-ring (bicyclic) bond motifs is 1. The molecule has 2 aromatic heterocycles. The lowest BCUT2D eigenvalue weighted by Gasteiger charge is -2.15. The van der Waals surface area contributed by atoms with Crippen LogP contribution < -0.4 is 4.74 Å². The highest BCUT2D eigenvalue weighted by atomic mass is 16.6. The average Bonchev–Trinajstić information content (AvgIpc) is 3.52. The van der Waals surface area contributed by atoms with E-state index in [0.29, 0.717) is 34.9 Å². The minimum absolute atomic E-state index is 0.234. The number of hydrogen-bond donors (Lipinski definition) is 0. The maximum atomic E-state index is 12.7. The molecule has 1 amide bonds. The van der Waals surface area contributed by atoms with Crippen molar-refractivity contribution in [2.45, 2.75) is 33.1 Å². The molecule has 0 aliphatic carbocycles. The Balaban J connectivity index is 1.38. The third kappa shape index (κ3) is 3.42. The van der Waals surface area contributed by atoms with Crippen LogP contribution in [0.25, 0.3) is 5.82 Å². The highest BCUT2D eigenvalue weighted by Crippen LogP contribution is 2.35.